The van der Waals surface area contributed by atoms with Crippen LogP contribution in [0.25, 0.3) is 0 Å². The topological polar surface area (TPSA) is 90.9 Å². The van der Waals surface area contributed by atoms with Crippen LogP contribution in [0.2, 0.25) is 0 Å². The van der Waals surface area contributed by atoms with Crippen molar-refractivity contribution >= 4 is 11.9 Å². The van der Waals surface area contributed by atoms with E-state index >= 15 is 0 Å². The monoisotopic (exact) mass is 530 g/mol. The number of ether oxygens (including phenoxy) is 3. The molecule has 2 aromatic heterocycles. The molecule has 0 aromatic carbocycles. The molecule has 0 N–H and O–H groups in total. The van der Waals surface area contributed by atoms with Gasteiger partial charge in [-0.05, 0) is 83.7 Å². The second-order valence-electron chi connectivity index (χ2n) is 11.9. The summed E-state index contributed by atoms with van der Waals surface area (Å²) in [5, 5.41) is 0. The second kappa shape index (κ2) is 10.7. The summed E-state index contributed by atoms with van der Waals surface area (Å²) in [6.45, 7) is 10.6. The predicted molar refractivity (Wildman–Crippen MR) is 147 cm³/mol. The number of fused-ring (bicyclic) bond motifs is 2. The minimum absolute atomic E-state index is 0.0951. The van der Waals surface area contributed by atoms with Gasteiger partial charge in [0.2, 0.25) is 0 Å². The van der Waals surface area contributed by atoms with Gasteiger partial charge in [-0.3, -0.25) is 9.97 Å². The van der Waals surface area contributed by atoms with Crippen LogP contribution in [0.4, 0.5) is 0 Å². The zero-order valence-corrected chi connectivity index (χ0v) is 23.5. The number of epoxide rings is 1. The highest BCUT2D eigenvalue weighted by Crippen LogP contribution is 2.57. The van der Waals surface area contributed by atoms with Crippen LogP contribution < -0.4 is 0 Å². The first-order chi connectivity index (χ1) is 18.6. The van der Waals surface area contributed by atoms with Crippen molar-refractivity contribution in [2.75, 3.05) is 0 Å². The van der Waals surface area contributed by atoms with Gasteiger partial charge in [0.15, 0.2) is 0 Å². The Kier molecular flexibility index (Phi) is 7.47. The lowest BCUT2D eigenvalue weighted by Crippen LogP contribution is -2.46. The van der Waals surface area contributed by atoms with Crippen molar-refractivity contribution in [2.45, 2.75) is 90.6 Å². The van der Waals surface area contributed by atoms with Gasteiger partial charge in [0.25, 0.3) is 0 Å². The van der Waals surface area contributed by atoms with Gasteiger partial charge in [-0.1, -0.05) is 23.6 Å². The molecule has 5 rings (SSSR count). The molecule has 7 nitrogen and oxygen atoms in total. The summed E-state index contributed by atoms with van der Waals surface area (Å²) in [6.07, 6.45) is 11.5. The Labute approximate surface area is 230 Å². The number of esters is 2. The number of pyridine rings is 2. The van der Waals surface area contributed by atoms with Crippen LogP contribution in [0.5, 0.6) is 0 Å². The first kappa shape index (κ1) is 27.3. The van der Waals surface area contributed by atoms with E-state index < -0.39 is 29.6 Å². The van der Waals surface area contributed by atoms with E-state index in [-0.39, 0.29) is 17.6 Å². The van der Waals surface area contributed by atoms with E-state index in [9.17, 15) is 9.59 Å². The quantitative estimate of drug-likeness (QED) is 0.261. The molecule has 1 saturated heterocycles. The molecular formula is C32H38N2O5. The molecule has 2 aliphatic carbocycles. The highest BCUT2D eigenvalue weighted by molar-refractivity contribution is 5.89. The molecule has 206 valence electrons. The number of aromatic nitrogens is 2. The Balaban J connectivity index is 1.58. The highest BCUT2D eigenvalue weighted by atomic mass is 16.6. The standard InChI is InChI=1S/C32H38N2O5/c1-20(2)24-12-13-31(4)27(38-30(36)23-9-7-15-34-19-23)16-21(3)10-11-26-32(5,39-26)17-25(28(24)31)37-29(35)22-8-6-14-33-18-22/h6-9,14-16,18-19,25-28H,10-13,17H2,1-5H3/b21-16+/t25-,26-,27+,28-,31-,32+/m1/s1. The molecule has 2 aromatic rings. The van der Waals surface area contributed by atoms with Crippen LogP contribution in [0.3, 0.4) is 0 Å². The largest absolute Gasteiger partial charge is 0.458 e. The van der Waals surface area contributed by atoms with Gasteiger partial charge >= 0.3 is 11.9 Å². The van der Waals surface area contributed by atoms with E-state index in [0.717, 1.165) is 31.3 Å². The van der Waals surface area contributed by atoms with Gasteiger partial charge in [-0.2, -0.15) is 0 Å². The average Bonchev–Trinajstić information content (AvgIpc) is 3.42. The zero-order valence-electron chi connectivity index (χ0n) is 23.5. The number of hydrogen-bond acceptors (Lipinski definition) is 7. The molecule has 0 bridgehead atoms. The van der Waals surface area contributed by atoms with Crippen molar-refractivity contribution in [3.8, 4) is 0 Å². The van der Waals surface area contributed by atoms with Crippen LogP contribution in [-0.4, -0.2) is 45.8 Å². The Bertz CT molecular complexity index is 1290. The Hall–Kier alpha value is -3.32. The molecule has 1 saturated carbocycles. The number of hydrogen-bond donors (Lipinski definition) is 0. The summed E-state index contributed by atoms with van der Waals surface area (Å²) in [7, 11) is 0. The fourth-order valence-electron chi connectivity index (χ4n) is 6.52. The summed E-state index contributed by atoms with van der Waals surface area (Å²) in [5.74, 6) is -0.958. The smallest absolute Gasteiger partial charge is 0.340 e. The molecule has 2 fully saturated rings. The number of nitrogens with zero attached hydrogens (tertiary/aromatic N) is 2. The highest BCUT2D eigenvalue weighted by Gasteiger charge is 2.59. The van der Waals surface area contributed by atoms with Crippen molar-refractivity contribution in [1.29, 1.82) is 0 Å². The Morgan fingerprint density at radius 3 is 2.21 bits per heavy atom. The molecule has 0 radical (unpaired) electrons. The molecule has 0 unspecified atom stereocenters. The first-order valence-corrected chi connectivity index (χ1v) is 13.8. The summed E-state index contributed by atoms with van der Waals surface area (Å²) in [4.78, 5) is 34.9. The van der Waals surface area contributed by atoms with Gasteiger partial charge in [0, 0.05) is 42.5 Å². The molecule has 3 aliphatic rings. The van der Waals surface area contributed by atoms with Crippen LogP contribution in [0, 0.1) is 11.3 Å². The lowest BCUT2D eigenvalue weighted by molar-refractivity contribution is -0.0473. The lowest BCUT2D eigenvalue weighted by Gasteiger charge is -2.42. The first-order valence-electron chi connectivity index (χ1n) is 13.8. The van der Waals surface area contributed by atoms with Gasteiger partial charge in [-0.15, -0.1) is 0 Å². The number of allylic oxidation sites excluding steroid dienone is 2. The van der Waals surface area contributed by atoms with Crippen molar-refractivity contribution in [3.05, 3.63) is 83.0 Å². The van der Waals surface area contributed by atoms with Crippen LogP contribution >= 0.6 is 0 Å². The SMILES string of the molecule is CC(C)=C1CC[C@]2(C)[C@@H](OC(=O)c3cccnc3)/C=C(\C)CC[C@H]3O[C@@]3(C)C[C@@H](OC(=O)c3cccnc3)[C@@H]12. The maximum Gasteiger partial charge on any atom is 0.340 e. The average molecular weight is 531 g/mol. The summed E-state index contributed by atoms with van der Waals surface area (Å²) in [6, 6.07) is 6.91. The van der Waals surface area contributed by atoms with E-state index in [1.165, 1.54) is 23.5 Å². The maximum absolute atomic E-state index is 13.4. The molecule has 3 heterocycles. The summed E-state index contributed by atoms with van der Waals surface area (Å²) < 4.78 is 18.9. The third-order valence-electron chi connectivity index (χ3n) is 8.85. The van der Waals surface area contributed by atoms with Crippen LogP contribution in [0.15, 0.2) is 71.8 Å². The maximum atomic E-state index is 13.4. The van der Waals surface area contributed by atoms with E-state index in [1.54, 1.807) is 36.7 Å². The third-order valence-corrected chi connectivity index (χ3v) is 8.85. The van der Waals surface area contributed by atoms with Crippen LogP contribution in [-0.2, 0) is 14.2 Å². The zero-order chi connectivity index (χ0) is 27.8. The molecular weight excluding hydrogens is 492 g/mol. The molecule has 7 heteroatoms. The van der Waals surface area contributed by atoms with E-state index in [1.807, 2.05) is 0 Å². The summed E-state index contributed by atoms with van der Waals surface area (Å²) in [5.41, 5.74) is 3.58. The number of carbonyl (C=O) groups excluding carboxylic acids is 2. The minimum Gasteiger partial charge on any atom is -0.458 e. The van der Waals surface area contributed by atoms with Crippen molar-refractivity contribution < 1.29 is 23.8 Å². The Morgan fingerprint density at radius 1 is 0.974 bits per heavy atom. The third kappa shape index (κ3) is 5.55. The van der Waals surface area contributed by atoms with Gasteiger partial charge in [0.1, 0.15) is 12.2 Å². The van der Waals surface area contributed by atoms with E-state index in [2.05, 4.69) is 50.7 Å². The fraction of sp³-hybridized carbons (Fsp3) is 0.500. The summed E-state index contributed by atoms with van der Waals surface area (Å²) >= 11 is 0. The number of rotatable bonds is 4. The van der Waals surface area contributed by atoms with E-state index in [4.69, 9.17) is 14.2 Å². The normalized spacial score (nSPS) is 33.5. The fourth-order valence-corrected chi connectivity index (χ4v) is 6.52. The van der Waals surface area contributed by atoms with Crippen LogP contribution in [0.1, 0.15) is 87.4 Å². The van der Waals surface area contributed by atoms with Gasteiger partial charge < -0.3 is 14.2 Å². The van der Waals surface area contributed by atoms with E-state index in [0.29, 0.717) is 17.5 Å². The van der Waals surface area contributed by atoms with Gasteiger partial charge in [-0.25, -0.2) is 9.59 Å². The lowest BCUT2D eigenvalue weighted by atomic mass is 9.69. The molecule has 0 amide bonds. The van der Waals surface area contributed by atoms with Gasteiger partial charge in [0.05, 0.1) is 22.8 Å². The van der Waals surface area contributed by atoms with Crippen molar-refractivity contribution in [3.63, 3.8) is 0 Å². The molecule has 39 heavy (non-hydrogen) atoms. The minimum atomic E-state index is -0.505. The molecule has 0 spiro atoms. The van der Waals surface area contributed by atoms with Crippen molar-refractivity contribution in [1.82, 2.24) is 9.97 Å². The molecule has 6 atom stereocenters. The second-order valence-corrected chi connectivity index (χ2v) is 11.9. The number of carbonyl (C=O) groups is 2. The Morgan fingerprint density at radius 2 is 1.62 bits per heavy atom. The predicted octanol–water partition coefficient (Wildman–Crippen LogP) is 6.27. The van der Waals surface area contributed by atoms with Crippen molar-refractivity contribution in [2.24, 2.45) is 11.3 Å². The molecule has 1 aliphatic heterocycles.